The first-order valence-corrected chi connectivity index (χ1v) is 8.05. The number of nitrogens with one attached hydrogen (secondary N) is 1. The van der Waals surface area contributed by atoms with Gasteiger partial charge in [-0.05, 0) is 36.1 Å². The highest BCUT2D eigenvalue weighted by molar-refractivity contribution is 5.74. The van der Waals surface area contributed by atoms with Gasteiger partial charge in [-0.25, -0.2) is 4.79 Å². The second-order valence-electron chi connectivity index (χ2n) is 6.06. The summed E-state index contributed by atoms with van der Waals surface area (Å²) in [5.41, 5.74) is 2.34. The smallest absolute Gasteiger partial charge is 0.317 e. The molecule has 1 N–H and O–H groups in total. The van der Waals surface area contributed by atoms with Gasteiger partial charge in [-0.2, -0.15) is 0 Å². The van der Waals surface area contributed by atoms with E-state index >= 15 is 0 Å². The second kappa shape index (κ2) is 7.08. The predicted octanol–water partition coefficient (Wildman–Crippen LogP) is 1.81. The molecule has 6 heteroatoms. The van der Waals surface area contributed by atoms with Gasteiger partial charge in [0.1, 0.15) is 0 Å². The Labute approximate surface area is 136 Å². The van der Waals surface area contributed by atoms with Crippen molar-refractivity contribution in [2.24, 2.45) is 5.92 Å². The van der Waals surface area contributed by atoms with Crippen LogP contribution in [0.15, 0.2) is 12.1 Å². The number of methoxy groups -OCH3 is 2. The van der Waals surface area contributed by atoms with E-state index in [1.807, 2.05) is 17.0 Å². The summed E-state index contributed by atoms with van der Waals surface area (Å²) >= 11 is 0. The fourth-order valence-corrected chi connectivity index (χ4v) is 3.14. The largest absolute Gasteiger partial charge is 0.493 e. The van der Waals surface area contributed by atoms with E-state index in [-0.39, 0.29) is 6.03 Å². The van der Waals surface area contributed by atoms with E-state index in [0.29, 0.717) is 24.8 Å². The molecule has 0 spiro atoms. The lowest BCUT2D eigenvalue weighted by Gasteiger charge is -2.30. The van der Waals surface area contributed by atoms with Crippen LogP contribution in [0.2, 0.25) is 0 Å². The highest BCUT2D eigenvalue weighted by atomic mass is 16.5. The highest BCUT2D eigenvalue weighted by Crippen LogP contribution is 2.33. The average Bonchev–Trinajstić information content (AvgIpc) is 3.11. The van der Waals surface area contributed by atoms with E-state index in [9.17, 15) is 4.79 Å². The first-order chi connectivity index (χ1) is 11.2. The number of amides is 2. The summed E-state index contributed by atoms with van der Waals surface area (Å²) in [5, 5.41) is 3.03. The number of carbonyl (C=O) groups excluding carboxylic acids is 1. The molecule has 1 saturated heterocycles. The van der Waals surface area contributed by atoms with Crippen LogP contribution in [-0.4, -0.2) is 51.5 Å². The van der Waals surface area contributed by atoms with Gasteiger partial charge in [0.25, 0.3) is 0 Å². The van der Waals surface area contributed by atoms with Crippen molar-refractivity contribution in [2.75, 3.05) is 40.5 Å². The standard InChI is InChI=1S/C17H24N2O4/c1-21-15-7-13-3-5-19(10-14(13)8-16(15)22-2)17(20)18-9-12-4-6-23-11-12/h7-8,12H,3-6,9-11H2,1-2H3,(H,18,20)/t12-/m1/s1. The molecule has 0 unspecified atom stereocenters. The van der Waals surface area contributed by atoms with E-state index in [0.717, 1.165) is 43.9 Å². The highest BCUT2D eigenvalue weighted by Gasteiger charge is 2.24. The Morgan fingerprint density at radius 1 is 1.30 bits per heavy atom. The first-order valence-electron chi connectivity index (χ1n) is 8.05. The van der Waals surface area contributed by atoms with E-state index < -0.39 is 0 Å². The molecule has 1 aromatic rings. The molecule has 23 heavy (non-hydrogen) atoms. The van der Waals surface area contributed by atoms with Crippen LogP contribution in [0.4, 0.5) is 4.79 Å². The number of benzene rings is 1. The van der Waals surface area contributed by atoms with E-state index in [1.54, 1.807) is 14.2 Å². The average molecular weight is 320 g/mol. The van der Waals surface area contributed by atoms with E-state index in [1.165, 1.54) is 5.56 Å². The number of hydrogen-bond acceptors (Lipinski definition) is 4. The maximum absolute atomic E-state index is 12.4. The van der Waals surface area contributed by atoms with Gasteiger partial charge in [0.2, 0.25) is 0 Å². The fourth-order valence-electron chi connectivity index (χ4n) is 3.14. The van der Waals surface area contributed by atoms with Gasteiger partial charge in [-0.1, -0.05) is 0 Å². The van der Waals surface area contributed by atoms with Crippen molar-refractivity contribution in [3.63, 3.8) is 0 Å². The molecule has 0 aromatic heterocycles. The summed E-state index contributed by atoms with van der Waals surface area (Å²) in [6.07, 6.45) is 1.86. The normalized spacial score (nSPS) is 20.1. The van der Waals surface area contributed by atoms with Crippen molar-refractivity contribution in [1.29, 1.82) is 0 Å². The monoisotopic (exact) mass is 320 g/mol. The zero-order chi connectivity index (χ0) is 16.2. The van der Waals surface area contributed by atoms with Crippen LogP contribution in [0.25, 0.3) is 0 Å². The molecule has 1 fully saturated rings. The first kappa shape index (κ1) is 15.9. The summed E-state index contributed by atoms with van der Waals surface area (Å²) in [6, 6.07) is 3.98. The Morgan fingerprint density at radius 3 is 2.70 bits per heavy atom. The molecule has 126 valence electrons. The van der Waals surface area contributed by atoms with Crippen LogP contribution < -0.4 is 14.8 Å². The van der Waals surface area contributed by atoms with Crippen molar-refractivity contribution in [1.82, 2.24) is 10.2 Å². The Morgan fingerprint density at radius 2 is 2.04 bits per heavy atom. The van der Waals surface area contributed by atoms with E-state index in [2.05, 4.69) is 5.32 Å². The lowest BCUT2D eigenvalue weighted by molar-refractivity contribution is 0.178. The maximum atomic E-state index is 12.4. The van der Waals surface area contributed by atoms with Crippen molar-refractivity contribution in [3.05, 3.63) is 23.3 Å². The van der Waals surface area contributed by atoms with Crippen LogP contribution in [0.3, 0.4) is 0 Å². The van der Waals surface area contributed by atoms with Gasteiger partial charge in [-0.3, -0.25) is 0 Å². The summed E-state index contributed by atoms with van der Waals surface area (Å²) in [6.45, 7) is 3.56. The molecule has 1 aromatic carbocycles. The van der Waals surface area contributed by atoms with Gasteiger partial charge < -0.3 is 24.4 Å². The molecule has 2 aliphatic heterocycles. The lowest BCUT2D eigenvalue weighted by Crippen LogP contribution is -2.44. The molecule has 3 rings (SSSR count). The molecule has 2 amide bonds. The second-order valence-corrected chi connectivity index (χ2v) is 6.06. The molecule has 2 heterocycles. The third kappa shape index (κ3) is 3.52. The van der Waals surface area contributed by atoms with Crippen molar-refractivity contribution in [3.8, 4) is 11.5 Å². The lowest BCUT2D eigenvalue weighted by atomic mass is 9.99. The van der Waals surface area contributed by atoms with Gasteiger partial charge in [0.05, 0.1) is 20.8 Å². The van der Waals surface area contributed by atoms with Crippen molar-refractivity contribution < 1.29 is 19.0 Å². The number of fused-ring (bicyclic) bond motifs is 1. The molecular formula is C17H24N2O4. The topological polar surface area (TPSA) is 60.0 Å². The minimum absolute atomic E-state index is 0.00247. The minimum Gasteiger partial charge on any atom is -0.493 e. The summed E-state index contributed by atoms with van der Waals surface area (Å²) in [5.74, 6) is 1.89. The number of urea groups is 1. The Kier molecular flexibility index (Phi) is 4.91. The SMILES string of the molecule is COc1cc2c(cc1OC)CN(C(=O)NC[C@H]1CCOC1)CC2. The van der Waals surface area contributed by atoms with Gasteiger partial charge in [-0.15, -0.1) is 0 Å². The minimum atomic E-state index is -0.00247. The van der Waals surface area contributed by atoms with Crippen LogP contribution in [-0.2, 0) is 17.7 Å². The van der Waals surface area contributed by atoms with Gasteiger partial charge in [0, 0.05) is 32.2 Å². The van der Waals surface area contributed by atoms with Crippen molar-refractivity contribution >= 4 is 6.03 Å². The number of carbonyl (C=O) groups is 1. The predicted molar refractivity (Wildman–Crippen MR) is 86.0 cm³/mol. The third-order valence-electron chi connectivity index (χ3n) is 4.57. The Bertz CT molecular complexity index is 570. The summed E-state index contributed by atoms with van der Waals surface area (Å²) < 4.78 is 16.0. The third-order valence-corrected chi connectivity index (χ3v) is 4.57. The number of ether oxygens (including phenoxy) is 3. The molecule has 0 radical (unpaired) electrons. The molecule has 6 nitrogen and oxygen atoms in total. The Balaban J connectivity index is 1.63. The number of nitrogens with zero attached hydrogens (tertiary/aromatic N) is 1. The molecule has 0 bridgehead atoms. The molecule has 0 aliphatic carbocycles. The maximum Gasteiger partial charge on any atom is 0.317 e. The Hall–Kier alpha value is -1.95. The van der Waals surface area contributed by atoms with Gasteiger partial charge >= 0.3 is 6.03 Å². The molecule has 1 atom stereocenters. The van der Waals surface area contributed by atoms with Crippen LogP contribution in [0, 0.1) is 5.92 Å². The van der Waals surface area contributed by atoms with Gasteiger partial charge in [0.15, 0.2) is 11.5 Å². The van der Waals surface area contributed by atoms with E-state index in [4.69, 9.17) is 14.2 Å². The fraction of sp³-hybridized carbons (Fsp3) is 0.588. The molecular weight excluding hydrogens is 296 g/mol. The van der Waals surface area contributed by atoms with Crippen LogP contribution in [0.5, 0.6) is 11.5 Å². The van der Waals surface area contributed by atoms with Crippen LogP contribution in [0.1, 0.15) is 17.5 Å². The molecule has 0 saturated carbocycles. The quantitative estimate of drug-likeness (QED) is 0.919. The number of rotatable bonds is 4. The summed E-state index contributed by atoms with van der Waals surface area (Å²) in [7, 11) is 3.26. The summed E-state index contributed by atoms with van der Waals surface area (Å²) in [4.78, 5) is 14.2. The van der Waals surface area contributed by atoms with Crippen molar-refractivity contribution in [2.45, 2.75) is 19.4 Å². The molecule has 2 aliphatic rings. The zero-order valence-electron chi connectivity index (χ0n) is 13.8. The number of hydrogen-bond donors (Lipinski definition) is 1. The zero-order valence-corrected chi connectivity index (χ0v) is 13.8. The van der Waals surface area contributed by atoms with Crippen LogP contribution >= 0.6 is 0 Å².